The Morgan fingerprint density at radius 1 is 1.00 bits per heavy atom. The van der Waals surface area contributed by atoms with Crippen LogP contribution in [0.3, 0.4) is 0 Å². The summed E-state index contributed by atoms with van der Waals surface area (Å²) in [5, 5.41) is 0. The summed E-state index contributed by atoms with van der Waals surface area (Å²) in [5.41, 5.74) is 2.36. The Morgan fingerprint density at radius 3 is 2.17 bits per heavy atom. The number of amides is 1. The van der Waals surface area contributed by atoms with Gasteiger partial charge in [0.15, 0.2) is 0 Å². The molecule has 0 bridgehead atoms. The minimum Gasteiger partial charge on any atom is -0.450 e. The van der Waals surface area contributed by atoms with Crippen LogP contribution in [0.4, 0.5) is 4.79 Å². The lowest BCUT2D eigenvalue weighted by atomic mass is 9.81. The highest BCUT2D eigenvalue weighted by Crippen LogP contribution is 2.45. The van der Waals surface area contributed by atoms with E-state index in [1.165, 1.54) is 11.1 Å². The molecule has 3 atom stereocenters. The zero-order valence-electron chi connectivity index (χ0n) is 14.4. The smallest absolute Gasteiger partial charge is 0.410 e. The number of benzene rings is 2. The molecule has 1 amide bonds. The Bertz CT molecular complexity index is 656. The van der Waals surface area contributed by atoms with E-state index >= 15 is 0 Å². The second-order valence-corrected chi connectivity index (χ2v) is 6.44. The van der Waals surface area contributed by atoms with Crippen molar-refractivity contribution in [3.05, 3.63) is 71.8 Å². The van der Waals surface area contributed by atoms with E-state index in [1.807, 2.05) is 48.2 Å². The lowest BCUT2D eigenvalue weighted by Gasteiger charge is -2.45. The number of likely N-dealkylation sites (tertiary alicyclic amines) is 1. The predicted molar refractivity (Wildman–Crippen MR) is 95.6 cm³/mol. The first-order valence-corrected chi connectivity index (χ1v) is 8.77. The van der Waals surface area contributed by atoms with Gasteiger partial charge in [0.2, 0.25) is 0 Å². The van der Waals surface area contributed by atoms with Crippen molar-refractivity contribution in [2.45, 2.75) is 38.8 Å². The van der Waals surface area contributed by atoms with Crippen LogP contribution in [-0.2, 0) is 4.74 Å². The summed E-state index contributed by atoms with van der Waals surface area (Å²) in [5.74, 6) is 0.400. The summed E-state index contributed by atoms with van der Waals surface area (Å²) in [4.78, 5) is 14.8. The standard InChI is InChI=1S/C21H25NO2/c1-3-24-21(23)22-19(17-10-6-4-7-11-17)15-14-16(2)20(22)18-12-8-5-9-13-18/h4-13,16,19-20H,3,14-15H2,1-2H3. The van der Waals surface area contributed by atoms with Gasteiger partial charge in [0.1, 0.15) is 0 Å². The van der Waals surface area contributed by atoms with Gasteiger partial charge < -0.3 is 4.74 Å². The van der Waals surface area contributed by atoms with E-state index in [-0.39, 0.29) is 18.2 Å². The van der Waals surface area contributed by atoms with Gasteiger partial charge in [-0.1, -0.05) is 67.6 Å². The molecule has 24 heavy (non-hydrogen) atoms. The van der Waals surface area contributed by atoms with Crippen molar-refractivity contribution in [3.8, 4) is 0 Å². The third kappa shape index (κ3) is 3.30. The summed E-state index contributed by atoms with van der Waals surface area (Å²) < 4.78 is 5.42. The minimum atomic E-state index is -0.216. The summed E-state index contributed by atoms with van der Waals surface area (Å²) >= 11 is 0. The molecular formula is C21H25NO2. The van der Waals surface area contributed by atoms with Crippen LogP contribution in [0, 0.1) is 5.92 Å². The fraction of sp³-hybridized carbons (Fsp3) is 0.381. The maximum atomic E-state index is 12.8. The number of rotatable bonds is 3. The number of carbonyl (C=O) groups excluding carboxylic acids is 1. The van der Waals surface area contributed by atoms with Crippen molar-refractivity contribution in [1.29, 1.82) is 0 Å². The fourth-order valence-electron chi connectivity index (χ4n) is 3.77. The highest BCUT2D eigenvalue weighted by atomic mass is 16.6. The zero-order chi connectivity index (χ0) is 16.9. The van der Waals surface area contributed by atoms with E-state index in [0.717, 1.165) is 12.8 Å². The van der Waals surface area contributed by atoms with E-state index < -0.39 is 0 Å². The Labute approximate surface area is 144 Å². The minimum absolute atomic E-state index is 0.0456. The molecule has 3 heteroatoms. The maximum Gasteiger partial charge on any atom is 0.410 e. The van der Waals surface area contributed by atoms with Crippen LogP contribution >= 0.6 is 0 Å². The molecular weight excluding hydrogens is 298 g/mol. The van der Waals surface area contributed by atoms with E-state index in [2.05, 4.69) is 31.2 Å². The quantitative estimate of drug-likeness (QED) is 0.761. The summed E-state index contributed by atoms with van der Waals surface area (Å²) in [7, 11) is 0. The van der Waals surface area contributed by atoms with Crippen molar-refractivity contribution >= 4 is 6.09 Å². The van der Waals surface area contributed by atoms with E-state index in [9.17, 15) is 4.79 Å². The molecule has 1 aliphatic rings. The first-order chi connectivity index (χ1) is 11.7. The number of piperidine rings is 1. The van der Waals surface area contributed by atoms with E-state index in [4.69, 9.17) is 4.74 Å². The van der Waals surface area contributed by atoms with Crippen molar-refractivity contribution in [3.63, 3.8) is 0 Å². The van der Waals surface area contributed by atoms with Gasteiger partial charge in [0.25, 0.3) is 0 Å². The molecule has 0 N–H and O–H groups in total. The van der Waals surface area contributed by atoms with Crippen LogP contribution in [0.2, 0.25) is 0 Å². The Balaban J connectivity index is 2.02. The topological polar surface area (TPSA) is 29.5 Å². The number of hydrogen-bond donors (Lipinski definition) is 0. The maximum absolute atomic E-state index is 12.8. The zero-order valence-corrected chi connectivity index (χ0v) is 14.4. The molecule has 0 radical (unpaired) electrons. The van der Waals surface area contributed by atoms with Crippen LogP contribution in [-0.4, -0.2) is 17.6 Å². The largest absolute Gasteiger partial charge is 0.450 e. The molecule has 3 unspecified atom stereocenters. The molecule has 2 aromatic carbocycles. The first kappa shape index (κ1) is 16.6. The molecule has 2 aromatic rings. The van der Waals surface area contributed by atoms with Gasteiger partial charge in [-0.15, -0.1) is 0 Å². The monoisotopic (exact) mass is 323 g/mol. The molecule has 1 saturated heterocycles. The lowest BCUT2D eigenvalue weighted by Crippen LogP contribution is -2.44. The van der Waals surface area contributed by atoms with Gasteiger partial charge in [-0.3, -0.25) is 4.90 Å². The molecule has 1 fully saturated rings. The molecule has 0 aromatic heterocycles. The van der Waals surface area contributed by atoms with E-state index in [1.54, 1.807) is 0 Å². The molecule has 3 nitrogen and oxygen atoms in total. The third-order valence-electron chi connectivity index (χ3n) is 4.87. The molecule has 0 aliphatic carbocycles. The van der Waals surface area contributed by atoms with Crippen LogP contribution in [0.1, 0.15) is 49.9 Å². The molecule has 0 spiro atoms. The first-order valence-electron chi connectivity index (χ1n) is 8.77. The van der Waals surface area contributed by atoms with Crippen molar-refractivity contribution in [2.24, 2.45) is 5.92 Å². The van der Waals surface area contributed by atoms with Crippen LogP contribution < -0.4 is 0 Å². The van der Waals surface area contributed by atoms with Gasteiger partial charge in [-0.05, 0) is 36.8 Å². The molecule has 1 heterocycles. The average Bonchev–Trinajstić information content (AvgIpc) is 2.63. The van der Waals surface area contributed by atoms with Gasteiger partial charge in [-0.2, -0.15) is 0 Å². The van der Waals surface area contributed by atoms with Crippen LogP contribution in [0.15, 0.2) is 60.7 Å². The third-order valence-corrected chi connectivity index (χ3v) is 4.87. The number of hydrogen-bond acceptors (Lipinski definition) is 2. The number of nitrogens with zero attached hydrogens (tertiary/aromatic N) is 1. The molecule has 126 valence electrons. The molecule has 1 aliphatic heterocycles. The van der Waals surface area contributed by atoms with Gasteiger partial charge in [0, 0.05) is 0 Å². The highest BCUT2D eigenvalue weighted by Gasteiger charge is 2.40. The van der Waals surface area contributed by atoms with Crippen molar-refractivity contribution < 1.29 is 9.53 Å². The number of ether oxygens (including phenoxy) is 1. The van der Waals surface area contributed by atoms with Crippen molar-refractivity contribution in [1.82, 2.24) is 4.90 Å². The summed E-state index contributed by atoms with van der Waals surface area (Å²) in [6.45, 7) is 4.48. The molecule has 3 rings (SSSR count). The number of carbonyl (C=O) groups is 1. The Kier molecular flexibility index (Phi) is 5.19. The Hall–Kier alpha value is -2.29. The van der Waals surface area contributed by atoms with Crippen molar-refractivity contribution in [2.75, 3.05) is 6.61 Å². The summed E-state index contributed by atoms with van der Waals surface area (Å²) in [6, 6.07) is 20.7. The van der Waals surface area contributed by atoms with Gasteiger partial charge >= 0.3 is 6.09 Å². The normalized spacial score (nSPS) is 23.8. The van der Waals surface area contributed by atoms with Gasteiger partial charge in [0.05, 0.1) is 18.7 Å². The predicted octanol–water partition coefficient (Wildman–Crippen LogP) is 5.36. The van der Waals surface area contributed by atoms with Crippen LogP contribution in [0.5, 0.6) is 0 Å². The van der Waals surface area contributed by atoms with E-state index in [0.29, 0.717) is 12.5 Å². The summed E-state index contributed by atoms with van der Waals surface area (Å²) in [6.07, 6.45) is 1.84. The molecule has 0 saturated carbocycles. The average molecular weight is 323 g/mol. The Morgan fingerprint density at radius 2 is 1.58 bits per heavy atom. The second kappa shape index (κ2) is 7.52. The van der Waals surface area contributed by atoms with Gasteiger partial charge in [-0.25, -0.2) is 4.79 Å². The SMILES string of the molecule is CCOC(=O)N1C(c2ccccc2)CCC(C)C1c1ccccc1. The lowest BCUT2D eigenvalue weighted by molar-refractivity contribution is 0.0264. The fourth-order valence-corrected chi connectivity index (χ4v) is 3.77. The second-order valence-electron chi connectivity index (χ2n) is 6.44. The highest BCUT2D eigenvalue weighted by molar-refractivity contribution is 5.69. The van der Waals surface area contributed by atoms with Crippen LogP contribution in [0.25, 0.3) is 0 Å².